The summed E-state index contributed by atoms with van der Waals surface area (Å²) in [4.78, 5) is 22.6. The van der Waals surface area contributed by atoms with Crippen molar-refractivity contribution >= 4 is 16.7 Å². The van der Waals surface area contributed by atoms with Gasteiger partial charge < -0.3 is 15.4 Å². The van der Waals surface area contributed by atoms with Crippen molar-refractivity contribution < 1.29 is 9.90 Å². The van der Waals surface area contributed by atoms with Crippen LogP contribution in [0.5, 0.6) is 0 Å². The van der Waals surface area contributed by atoms with E-state index in [1.165, 1.54) is 10.6 Å². The first-order valence-electron chi connectivity index (χ1n) is 5.08. The molecule has 1 aromatic carbocycles. The number of benzene rings is 1. The molecule has 0 aliphatic rings. The monoisotopic (exact) mass is 232 g/mol. The lowest BCUT2D eigenvalue weighted by Crippen LogP contribution is -2.21. The van der Waals surface area contributed by atoms with Crippen LogP contribution in [0.3, 0.4) is 0 Å². The van der Waals surface area contributed by atoms with Crippen molar-refractivity contribution in [1.82, 2.24) is 4.57 Å². The second kappa shape index (κ2) is 4.03. The summed E-state index contributed by atoms with van der Waals surface area (Å²) in [5.41, 5.74) is 5.77. The van der Waals surface area contributed by atoms with Crippen LogP contribution >= 0.6 is 0 Å². The van der Waals surface area contributed by atoms with Crippen molar-refractivity contribution in [1.29, 1.82) is 0 Å². The second-order valence-electron chi connectivity index (χ2n) is 3.89. The molecule has 17 heavy (non-hydrogen) atoms. The quantitative estimate of drug-likeness (QED) is 0.795. The third kappa shape index (κ3) is 1.92. The minimum Gasteiger partial charge on any atom is -0.480 e. The van der Waals surface area contributed by atoms with E-state index in [1.807, 2.05) is 0 Å². The average molecular weight is 232 g/mol. The molecule has 0 aliphatic carbocycles. The van der Waals surface area contributed by atoms with Crippen molar-refractivity contribution in [3.8, 4) is 0 Å². The fourth-order valence-corrected chi connectivity index (χ4v) is 1.69. The molecule has 1 unspecified atom stereocenters. The normalized spacial score (nSPS) is 12.6. The van der Waals surface area contributed by atoms with Crippen LogP contribution in [0, 0.1) is 0 Å². The molecule has 0 radical (unpaired) electrons. The summed E-state index contributed by atoms with van der Waals surface area (Å²) in [7, 11) is 1.64. The molecule has 2 aromatic rings. The Labute approximate surface area is 97.1 Å². The fraction of sp³-hybridized carbons (Fsp3) is 0.167. The standard InChI is InChI=1S/C12H12N2O3/c1-14-5-4-7-2-3-8(10(13)12(16)17)6-9(7)11(14)15/h2-6,10H,13H2,1H3,(H,16,17). The van der Waals surface area contributed by atoms with E-state index < -0.39 is 12.0 Å². The summed E-state index contributed by atoms with van der Waals surface area (Å²) in [6.07, 6.45) is 1.67. The van der Waals surface area contributed by atoms with Gasteiger partial charge in [-0.05, 0) is 23.1 Å². The van der Waals surface area contributed by atoms with Crippen LogP contribution in [0.1, 0.15) is 11.6 Å². The first kappa shape index (κ1) is 11.3. The Morgan fingerprint density at radius 3 is 2.76 bits per heavy atom. The van der Waals surface area contributed by atoms with Gasteiger partial charge in [-0.1, -0.05) is 12.1 Å². The molecule has 1 atom stereocenters. The Hall–Kier alpha value is -2.14. The number of fused-ring (bicyclic) bond motifs is 1. The Kier molecular flexibility index (Phi) is 2.69. The van der Waals surface area contributed by atoms with Crippen molar-refractivity contribution in [2.24, 2.45) is 12.8 Å². The number of carbonyl (C=O) groups is 1. The molecule has 1 heterocycles. The van der Waals surface area contributed by atoms with Gasteiger partial charge in [0, 0.05) is 18.6 Å². The molecule has 2 rings (SSSR count). The number of hydrogen-bond acceptors (Lipinski definition) is 3. The number of carboxylic acid groups (broad SMARTS) is 1. The summed E-state index contributed by atoms with van der Waals surface area (Å²) in [5.74, 6) is -1.11. The fourth-order valence-electron chi connectivity index (χ4n) is 1.69. The van der Waals surface area contributed by atoms with E-state index in [0.717, 1.165) is 5.39 Å². The SMILES string of the molecule is Cn1ccc2ccc(C(N)C(=O)O)cc2c1=O. The van der Waals surface area contributed by atoms with E-state index in [4.69, 9.17) is 10.8 Å². The van der Waals surface area contributed by atoms with Gasteiger partial charge in [-0.15, -0.1) is 0 Å². The van der Waals surface area contributed by atoms with E-state index >= 15 is 0 Å². The minimum absolute atomic E-state index is 0.165. The van der Waals surface area contributed by atoms with Gasteiger partial charge in [0.1, 0.15) is 6.04 Å². The van der Waals surface area contributed by atoms with Crippen LogP contribution in [-0.4, -0.2) is 15.6 Å². The largest absolute Gasteiger partial charge is 0.480 e. The van der Waals surface area contributed by atoms with Crippen LogP contribution in [0.2, 0.25) is 0 Å². The third-order valence-corrected chi connectivity index (χ3v) is 2.73. The Morgan fingerprint density at radius 1 is 1.41 bits per heavy atom. The Balaban J connectivity index is 2.68. The van der Waals surface area contributed by atoms with Gasteiger partial charge in [0.2, 0.25) is 0 Å². The predicted molar refractivity (Wildman–Crippen MR) is 63.8 cm³/mol. The van der Waals surface area contributed by atoms with Gasteiger partial charge in [-0.2, -0.15) is 0 Å². The molecule has 0 aliphatic heterocycles. The van der Waals surface area contributed by atoms with Gasteiger partial charge in [0.25, 0.3) is 5.56 Å². The molecule has 0 saturated carbocycles. The topological polar surface area (TPSA) is 85.3 Å². The molecule has 0 bridgehead atoms. The van der Waals surface area contributed by atoms with Gasteiger partial charge in [0.15, 0.2) is 0 Å². The molecule has 0 spiro atoms. The lowest BCUT2D eigenvalue weighted by Gasteiger charge is -2.08. The molecule has 3 N–H and O–H groups in total. The maximum atomic E-state index is 11.8. The van der Waals surface area contributed by atoms with Crippen LogP contribution in [0.4, 0.5) is 0 Å². The number of rotatable bonds is 2. The van der Waals surface area contributed by atoms with Crippen molar-refractivity contribution in [2.45, 2.75) is 6.04 Å². The summed E-state index contributed by atoms with van der Waals surface area (Å²) >= 11 is 0. The maximum absolute atomic E-state index is 11.8. The molecule has 88 valence electrons. The highest BCUT2D eigenvalue weighted by atomic mass is 16.4. The summed E-state index contributed by atoms with van der Waals surface area (Å²) < 4.78 is 1.44. The lowest BCUT2D eigenvalue weighted by atomic mass is 10.0. The van der Waals surface area contributed by atoms with E-state index in [0.29, 0.717) is 10.9 Å². The summed E-state index contributed by atoms with van der Waals surface area (Å²) in [5, 5.41) is 10.1. The van der Waals surface area contributed by atoms with Crippen LogP contribution < -0.4 is 11.3 Å². The number of carboxylic acids is 1. The number of hydrogen-bond donors (Lipinski definition) is 2. The molecular formula is C12H12N2O3. The van der Waals surface area contributed by atoms with E-state index in [2.05, 4.69) is 0 Å². The first-order chi connectivity index (χ1) is 8.00. The highest BCUT2D eigenvalue weighted by Crippen LogP contribution is 2.16. The number of aliphatic carboxylic acids is 1. The molecule has 0 saturated heterocycles. The van der Waals surface area contributed by atoms with Crippen molar-refractivity contribution in [2.75, 3.05) is 0 Å². The molecular weight excluding hydrogens is 220 g/mol. The smallest absolute Gasteiger partial charge is 0.325 e. The van der Waals surface area contributed by atoms with Crippen molar-refractivity contribution in [3.05, 3.63) is 46.4 Å². The zero-order valence-electron chi connectivity index (χ0n) is 9.25. The molecule has 0 amide bonds. The Morgan fingerprint density at radius 2 is 2.12 bits per heavy atom. The van der Waals surface area contributed by atoms with Gasteiger partial charge in [-0.3, -0.25) is 9.59 Å². The molecule has 5 heteroatoms. The zero-order chi connectivity index (χ0) is 12.6. The van der Waals surface area contributed by atoms with E-state index in [-0.39, 0.29) is 5.56 Å². The van der Waals surface area contributed by atoms with Crippen LogP contribution in [0.25, 0.3) is 10.8 Å². The number of pyridine rings is 1. The van der Waals surface area contributed by atoms with Crippen molar-refractivity contribution in [3.63, 3.8) is 0 Å². The number of nitrogens with two attached hydrogens (primary N) is 1. The second-order valence-corrected chi connectivity index (χ2v) is 3.89. The van der Waals surface area contributed by atoms with Crippen LogP contribution in [0.15, 0.2) is 35.3 Å². The van der Waals surface area contributed by atoms with Crippen LogP contribution in [-0.2, 0) is 11.8 Å². The molecule has 5 nitrogen and oxygen atoms in total. The lowest BCUT2D eigenvalue weighted by molar-refractivity contribution is -0.138. The number of nitrogens with zero attached hydrogens (tertiary/aromatic N) is 1. The summed E-state index contributed by atoms with van der Waals surface area (Å²) in [6.45, 7) is 0. The first-order valence-corrected chi connectivity index (χ1v) is 5.08. The highest BCUT2D eigenvalue weighted by molar-refractivity contribution is 5.84. The minimum atomic E-state index is -1.11. The summed E-state index contributed by atoms with van der Waals surface area (Å²) in [6, 6.07) is 5.56. The average Bonchev–Trinajstić information content (AvgIpc) is 2.32. The van der Waals surface area contributed by atoms with Gasteiger partial charge >= 0.3 is 5.97 Å². The van der Waals surface area contributed by atoms with E-state index in [9.17, 15) is 9.59 Å². The highest BCUT2D eigenvalue weighted by Gasteiger charge is 2.14. The maximum Gasteiger partial charge on any atom is 0.325 e. The van der Waals surface area contributed by atoms with Gasteiger partial charge in [0.05, 0.1) is 0 Å². The third-order valence-electron chi connectivity index (χ3n) is 2.73. The Bertz CT molecular complexity index is 646. The van der Waals surface area contributed by atoms with Gasteiger partial charge in [-0.25, -0.2) is 0 Å². The number of aromatic nitrogens is 1. The zero-order valence-corrected chi connectivity index (χ0v) is 9.25. The molecule has 1 aromatic heterocycles. The predicted octanol–water partition coefficient (Wildman–Crippen LogP) is 0.623. The van der Waals surface area contributed by atoms with E-state index in [1.54, 1.807) is 31.4 Å². The number of aryl methyl sites for hydroxylation is 1. The molecule has 0 fully saturated rings.